The van der Waals surface area contributed by atoms with Crippen molar-refractivity contribution in [1.29, 1.82) is 10.5 Å². The molecular formula is C10H5FN2. The van der Waals surface area contributed by atoms with Gasteiger partial charge in [0, 0.05) is 11.6 Å². The van der Waals surface area contributed by atoms with Crippen LogP contribution in [-0.2, 0) is 0 Å². The molecule has 0 N–H and O–H groups in total. The number of nitriles is 2. The number of hydrogen-bond acceptors (Lipinski definition) is 2. The number of hydrogen-bond donors (Lipinski definition) is 0. The minimum atomic E-state index is -0.587. The minimum Gasteiger partial charge on any atom is -0.205 e. The van der Waals surface area contributed by atoms with Crippen molar-refractivity contribution in [3.8, 4) is 12.1 Å². The van der Waals surface area contributed by atoms with Crippen LogP contribution in [0.2, 0.25) is 0 Å². The van der Waals surface area contributed by atoms with Crippen LogP contribution in [0.3, 0.4) is 0 Å². The molecule has 0 aromatic heterocycles. The highest BCUT2D eigenvalue weighted by atomic mass is 19.1. The van der Waals surface area contributed by atoms with Crippen molar-refractivity contribution in [2.24, 2.45) is 0 Å². The molecule has 0 spiro atoms. The molecule has 0 atom stereocenters. The van der Waals surface area contributed by atoms with Crippen molar-refractivity contribution >= 4 is 6.08 Å². The Morgan fingerprint density at radius 2 is 2.08 bits per heavy atom. The quantitative estimate of drug-likeness (QED) is 0.610. The summed E-state index contributed by atoms with van der Waals surface area (Å²) in [7, 11) is 0. The molecule has 13 heavy (non-hydrogen) atoms. The molecule has 0 unspecified atom stereocenters. The Morgan fingerprint density at radius 3 is 2.69 bits per heavy atom. The third kappa shape index (κ3) is 1.91. The fraction of sp³-hybridized carbons (Fsp3) is 0. The molecule has 0 fully saturated rings. The van der Waals surface area contributed by atoms with Gasteiger partial charge in [-0.05, 0) is 12.1 Å². The van der Waals surface area contributed by atoms with Crippen molar-refractivity contribution < 1.29 is 4.39 Å². The molecule has 3 heteroatoms. The average molecular weight is 172 g/mol. The summed E-state index contributed by atoms with van der Waals surface area (Å²) in [5.41, 5.74) is 0.237. The van der Waals surface area contributed by atoms with Crippen LogP contribution in [0.5, 0.6) is 0 Å². The summed E-state index contributed by atoms with van der Waals surface area (Å²) in [6, 6.07) is 7.93. The first kappa shape index (κ1) is 8.96. The Labute approximate surface area is 75.2 Å². The highest BCUT2D eigenvalue weighted by molar-refractivity contribution is 5.55. The van der Waals surface area contributed by atoms with E-state index in [4.69, 9.17) is 10.5 Å². The van der Waals surface area contributed by atoms with E-state index in [2.05, 4.69) is 0 Å². The lowest BCUT2D eigenvalue weighted by atomic mass is 10.1. The van der Waals surface area contributed by atoms with Gasteiger partial charge in [-0.3, -0.25) is 0 Å². The SMILES string of the molecule is N#CC=Cc1cccc(C#N)c1F. The number of nitrogens with zero attached hydrogens (tertiary/aromatic N) is 2. The summed E-state index contributed by atoms with van der Waals surface area (Å²) in [5, 5.41) is 16.7. The normalized spacial score (nSPS) is 9.46. The lowest BCUT2D eigenvalue weighted by Gasteiger charge is -1.96. The smallest absolute Gasteiger partial charge is 0.148 e. The van der Waals surface area contributed by atoms with Crippen LogP contribution in [-0.4, -0.2) is 0 Å². The molecule has 0 radical (unpaired) electrons. The van der Waals surface area contributed by atoms with Gasteiger partial charge in [0.2, 0.25) is 0 Å². The van der Waals surface area contributed by atoms with Crippen molar-refractivity contribution in [2.45, 2.75) is 0 Å². The van der Waals surface area contributed by atoms with Crippen LogP contribution in [0.15, 0.2) is 24.3 Å². The lowest BCUT2D eigenvalue weighted by Crippen LogP contribution is -1.86. The second kappa shape index (κ2) is 4.04. The van der Waals surface area contributed by atoms with E-state index in [0.717, 1.165) is 0 Å². The molecule has 0 heterocycles. The van der Waals surface area contributed by atoms with Crippen molar-refractivity contribution in [3.05, 3.63) is 41.2 Å². The predicted octanol–water partition coefficient (Wildman–Crippen LogP) is 2.23. The van der Waals surface area contributed by atoms with Crippen LogP contribution in [0.4, 0.5) is 4.39 Å². The maximum atomic E-state index is 13.2. The minimum absolute atomic E-state index is 0.0138. The van der Waals surface area contributed by atoms with Gasteiger partial charge in [-0.15, -0.1) is 0 Å². The fourth-order valence-corrected chi connectivity index (χ4v) is 0.892. The molecule has 0 aliphatic rings. The van der Waals surface area contributed by atoms with Gasteiger partial charge in [0.05, 0.1) is 11.6 Å². The topological polar surface area (TPSA) is 47.6 Å². The Hall–Kier alpha value is -2.13. The Kier molecular flexibility index (Phi) is 2.78. The van der Waals surface area contributed by atoms with Gasteiger partial charge in [0.1, 0.15) is 11.9 Å². The van der Waals surface area contributed by atoms with E-state index in [-0.39, 0.29) is 11.1 Å². The van der Waals surface area contributed by atoms with Gasteiger partial charge in [0.15, 0.2) is 0 Å². The zero-order valence-corrected chi connectivity index (χ0v) is 6.66. The van der Waals surface area contributed by atoms with E-state index >= 15 is 0 Å². The summed E-state index contributed by atoms with van der Waals surface area (Å²) >= 11 is 0. The first-order valence-electron chi connectivity index (χ1n) is 3.54. The summed E-state index contributed by atoms with van der Waals surface area (Å²) < 4.78 is 13.2. The number of rotatable bonds is 1. The zero-order valence-electron chi connectivity index (χ0n) is 6.66. The monoisotopic (exact) mass is 172 g/mol. The van der Waals surface area contributed by atoms with Gasteiger partial charge in [-0.1, -0.05) is 12.1 Å². The molecule has 62 valence electrons. The van der Waals surface area contributed by atoms with Gasteiger partial charge in [-0.2, -0.15) is 10.5 Å². The van der Waals surface area contributed by atoms with E-state index in [1.807, 2.05) is 0 Å². The number of allylic oxidation sites excluding steroid dienone is 1. The van der Waals surface area contributed by atoms with Gasteiger partial charge in [0.25, 0.3) is 0 Å². The third-order valence-electron chi connectivity index (χ3n) is 1.49. The Morgan fingerprint density at radius 1 is 1.31 bits per heavy atom. The number of benzene rings is 1. The fourth-order valence-electron chi connectivity index (χ4n) is 0.892. The molecule has 0 aliphatic heterocycles. The van der Waals surface area contributed by atoms with Crippen molar-refractivity contribution in [3.63, 3.8) is 0 Å². The summed E-state index contributed by atoms with van der Waals surface area (Å²) in [6.07, 6.45) is 2.50. The second-order valence-corrected chi connectivity index (χ2v) is 2.28. The Bertz CT molecular complexity index is 422. The predicted molar refractivity (Wildman–Crippen MR) is 45.8 cm³/mol. The molecule has 0 bridgehead atoms. The van der Waals surface area contributed by atoms with E-state index in [1.165, 1.54) is 24.3 Å². The van der Waals surface area contributed by atoms with Crippen LogP contribution >= 0.6 is 0 Å². The third-order valence-corrected chi connectivity index (χ3v) is 1.49. The van der Waals surface area contributed by atoms with Crippen molar-refractivity contribution in [2.75, 3.05) is 0 Å². The molecule has 0 saturated heterocycles. The molecular weight excluding hydrogens is 167 g/mol. The summed E-state index contributed by atoms with van der Waals surface area (Å²) in [4.78, 5) is 0. The van der Waals surface area contributed by atoms with Crippen LogP contribution < -0.4 is 0 Å². The maximum Gasteiger partial charge on any atom is 0.148 e. The van der Waals surface area contributed by atoms with Crippen LogP contribution in [0, 0.1) is 28.5 Å². The average Bonchev–Trinajstić information content (AvgIpc) is 2.16. The maximum absolute atomic E-state index is 13.2. The van der Waals surface area contributed by atoms with Crippen LogP contribution in [0.1, 0.15) is 11.1 Å². The van der Waals surface area contributed by atoms with Crippen molar-refractivity contribution in [1.82, 2.24) is 0 Å². The molecule has 0 amide bonds. The van der Waals surface area contributed by atoms with E-state index < -0.39 is 5.82 Å². The van der Waals surface area contributed by atoms with Gasteiger partial charge >= 0.3 is 0 Å². The van der Waals surface area contributed by atoms with E-state index in [9.17, 15) is 4.39 Å². The second-order valence-electron chi connectivity index (χ2n) is 2.28. The molecule has 0 saturated carbocycles. The highest BCUT2D eigenvalue weighted by Gasteiger charge is 2.03. The molecule has 0 aliphatic carbocycles. The highest BCUT2D eigenvalue weighted by Crippen LogP contribution is 2.13. The largest absolute Gasteiger partial charge is 0.205 e. The first-order chi connectivity index (χ1) is 6.29. The molecule has 2 nitrogen and oxygen atoms in total. The van der Waals surface area contributed by atoms with E-state index in [1.54, 1.807) is 18.2 Å². The number of halogens is 1. The van der Waals surface area contributed by atoms with Gasteiger partial charge < -0.3 is 0 Å². The summed E-state index contributed by atoms with van der Waals surface area (Å²) in [5.74, 6) is -0.587. The standard InChI is InChI=1S/C10H5FN2/c11-10-8(5-2-6-12)3-1-4-9(10)7-13/h1-5H. The van der Waals surface area contributed by atoms with Crippen LogP contribution in [0.25, 0.3) is 6.08 Å². The van der Waals surface area contributed by atoms with E-state index in [0.29, 0.717) is 0 Å². The lowest BCUT2D eigenvalue weighted by molar-refractivity contribution is 0.621. The first-order valence-corrected chi connectivity index (χ1v) is 3.54. The molecule has 1 aromatic rings. The molecule has 1 aromatic carbocycles. The zero-order chi connectivity index (χ0) is 9.68. The Balaban J connectivity index is 3.19. The summed E-state index contributed by atoms with van der Waals surface area (Å²) in [6.45, 7) is 0. The molecule has 1 rings (SSSR count). The van der Waals surface area contributed by atoms with Gasteiger partial charge in [-0.25, -0.2) is 4.39 Å².